The largest absolute Gasteiger partial charge is 0.478 e. The number of rotatable bonds is 1. The smallest absolute Gasteiger partial charge is 0.432 e. The summed E-state index contributed by atoms with van der Waals surface area (Å²) in [6.07, 6.45) is -0.0266. The van der Waals surface area contributed by atoms with Gasteiger partial charge in [0.05, 0.1) is 13.3 Å². The normalized spacial score (nSPS) is 9.55. The number of nitrogens with two attached hydrogens (primary N) is 1. The van der Waals surface area contributed by atoms with E-state index in [4.69, 9.17) is 10.8 Å². The van der Waals surface area contributed by atoms with Gasteiger partial charge >= 0.3 is 6.09 Å². The Morgan fingerprint density at radius 2 is 2.55 bits per heavy atom. The molecule has 1 rings (SSSR count). The second-order valence-electron chi connectivity index (χ2n) is 1.82. The summed E-state index contributed by atoms with van der Waals surface area (Å²) >= 11 is 0. The van der Waals surface area contributed by atoms with Crippen molar-refractivity contribution in [3.63, 3.8) is 0 Å². The van der Waals surface area contributed by atoms with Crippen molar-refractivity contribution in [2.24, 2.45) is 0 Å². The number of nitrogen functional groups attached to an aromatic ring is 1. The van der Waals surface area contributed by atoms with Crippen LogP contribution in [0.4, 0.5) is 10.5 Å². The van der Waals surface area contributed by atoms with Crippen molar-refractivity contribution in [1.82, 2.24) is 9.78 Å². The first kappa shape index (κ1) is 7.39. The summed E-state index contributed by atoms with van der Waals surface area (Å²) in [7, 11) is 1.37. The van der Waals surface area contributed by atoms with Gasteiger partial charge in [0.25, 0.3) is 5.88 Å². The average Bonchev–Trinajstić information content (AvgIpc) is 2.31. The lowest BCUT2D eigenvalue weighted by Gasteiger charge is -1.91. The molecule has 1 aromatic heterocycles. The van der Waals surface area contributed by atoms with E-state index >= 15 is 0 Å². The first-order valence-corrected chi connectivity index (χ1v) is 2.77. The van der Waals surface area contributed by atoms with E-state index in [-0.39, 0.29) is 11.6 Å². The van der Waals surface area contributed by atoms with Crippen LogP contribution in [0.5, 0.6) is 5.88 Å². The molecule has 0 aromatic carbocycles. The summed E-state index contributed by atoms with van der Waals surface area (Å²) in [4.78, 5) is 10.3. The Kier molecular flexibility index (Phi) is 1.67. The van der Waals surface area contributed by atoms with Gasteiger partial charge in [0, 0.05) is 0 Å². The Balaban J connectivity index is 3.05. The molecule has 6 nitrogen and oxygen atoms in total. The molecule has 1 heterocycles. The lowest BCUT2D eigenvalue weighted by molar-refractivity contribution is 0.192. The number of anilines is 1. The summed E-state index contributed by atoms with van der Waals surface area (Å²) < 4.78 is 5.34. The molecule has 0 aliphatic rings. The predicted molar refractivity (Wildman–Crippen MR) is 36.6 cm³/mol. The fraction of sp³-hybridized carbons (Fsp3) is 0.200. The van der Waals surface area contributed by atoms with E-state index in [0.29, 0.717) is 4.68 Å². The van der Waals surface area contributed by atoms with Crippen LogP contribution in [0.2, 0.25) is 0 Å². The summed E-state index contributed by atoms with van der Waals surface area (Å²) in [6.45, 7) is 0. The molecule has 0 radical (unpaired) electrons. The second-order valence-corrected chi connectivity index (χ2v) is 1.82. The van der Waals surface area contributed by atoms with Crippen molar-refractivity contribution < 1.29 is 14.6 Å². The number of hydrogen-bond acceptors (Lipinski definition) is 4. The molecule has 6 heteroatoms. The average molecular weight is 157 g/mol. The van der Waals surface area contributed by atoms with E-state index in [2.05, 4.69) is 9.84 Å². The maximum Gasteiger partial charge on any atom is 0.432 e. The van der Waals surface area contributed by atoms with E-state index in [0.717, 1.165) is 0 Å². The second kappa shape index (κ2) is 2.49. The summed E-state index contributed by atoms with van der Waals surface area (Å²) in [6, 6.07) is 0. The zero-order valence-electron chi connectivity index (χ0n) is 5.81. The molecule has 0 saturated carbocycles. The molecule has 0 amide bonds. The monoisotopic (exact) mass is 157 g/mol. The van der Waals surface area contributed by atoms with Crippen LogP contribution in [-0.4, -0.2) is 28.1 Å². The SMILES string of the molecule is COc1nn(C(=O)O)cc1N. The minimum Gasteiger partial charge on any atom is -0.478 e. The fourth-order valence-corrected chi connectivity index (χ4v) is 0.628. The van der Waals surface area contributed by atoms with Gasteiger partial charge in [-0.25, -0.2) is 4.79 Å². The lowest BCUT2D eigenvalue weighted by Crippen LogP contribution is -2.07. The van der Waals surface area contributed by atoms with Gasteiger partial charge in [-0.1, -0.05) is 0 Å². The highest BCUT2D eigenvalue weighted by atomic mass is 16.5. The molecule has 3 N–H and O–H groups in total. The zero-order valence-corrected chi connectivity index (χ0v) is 5.81. The molecular weight excluding hydrogens is 150 g/mol. The highest BCUT2D eigenvalue weighted by molar-refractivity contribution is 5.69. The molecule has 0 saturated heterocycles. The fourth-order valence-electron chi connectivity index (χ4n) is 0.628. The van der Waals surface area contributed by atoms with E-state index < -0.39 is 6.09 Å². The molecule has 0 aliphatic carbocycles. The number of aromatic nitrogens is 2. The Bertz CT molecular complexity index is 281. The molecule has 0 unspecified atom stereocenters. The van der Waals surface area contributed by atoms with Crippen LogP contribution in [0.25, 0.3) is 0 Å². The van der Waals surface area contributed by atoms with Gasteiger partial charge in [-0.3, -0.25) is 0 Å². The van der Waals surface area contributed by atoms with E-state index in [1.165, 1.54) is 13.3 Å². The maximum absolute atomic E-state index is 10.3. The topological polar surface area (TPSA) is 90.4 Å². The van der Waals surface area contributed by atoms with Crippen LogP contribution in [-0.2, 0) is 0 Å². The summed E-state index contributed by atoms with van der Waals surface area (Å²) in [5.41, 5.74) is 5.52. The van der Waals surface area contributed by atoms with Crippen molar-refractivity contribution in [1.29, 1.82) is 0 Å². The van der Waals surface area contributed by atoms with Gasteiger partial charge in [0.15, 0.2) is 0 Å². The van der Waals surface area contributed by atoms with Gasteiger partial charge in [0.1, 0.15) is 5.69 Å². The van der Waals surface area contributed by atoms with E-state index in [1.807, 2.05) is 0 Å². The van der Waals surface area contributed by atoms with Crippen molar-refractivity contribution >= 4 is 11.8 Å². The van der Waals surface area contributed by atoms with Gasteiger partial charge in [-0.05, 0) is 0 Å². The Morgan fingerprint density at radius 3 is 2.82 bits per heavy atom. The van der Waals surface area contributed by atoms with Crippen LogP contribution in [0.15, 0.2) is 6.20 Å². The quantitative estimate of drug-likeness (QED) is 0.598. The number of carbonyl (C=O) groups is 1. The molecule has 0 spiro atoms. The lowest BCUT2D eigenvalue weighted by atomic mass is 10.6. The van der Waals surface area contributed by atoms with Gasteiger partial charge in [-0.2, -0.15) is 4.68 Å². The maximum atomic E-state index is 10.3. The molecule has 0 aliphatic heterocycles. The zero-order chi connectivity index (χ0) is 8.43. The van der Waals surface area contributed by atoms with E-state index in [1.54, 1.807) is 0 Å². The Hall–Kier alpha value is -1.72. The number of carboxylic acid groups (broad SMARTS) is 1. The minimum atomic E-state index is -1.19. The van der Waals surface area contributed by atoms with Gasteiger partial charge in [-0.15, -0.1) is 5.10 Å². The summed E-state index contributed by atoms with van der Waals surface area (Å²) in [5, 5.41) is 11.9. The third kappa shape index (κ3) is 1.23. The molecule has 11 heavy (non-hydrogen) atoms. The highest BCUT2D eigenvalue weighted by Crippen LogP contribution is 2.16. The van der Waals surface area contributed by atoms with E-state index in [9.17, 15) is 4.79 Å². The Labute approximate surface area is 62.2 Å². The molecular formula is C5H7N3O3. The third-order valence-electron chi connectivity index (χ3n) is 1.10. The van der Waals surface area contributed by atoms with Crippen LogP contribution < -0.4 is 10.5 Å². The minimum absolute atomic E-state index is 0.118. The molecule has 1 aromatic rings. The number of hydrogen-bond donors (Lipinski definition) is 2. The third-order valence-corrected chi connectivity index (χ3v) is 1.10. The standard InChI is InChI=1S/C5H7N3O3/c1-11-4-3(6)2-8(7-4)5(9)10/h2H,6H2,1H3,(H,9,10). The predicted octanol–water partition coefficient (Wildman–Crippen LogP) is 0.000000000000000111. The van der Waals surface area contributed by atoms with Crippen LogP contribution >= 0.6 is 0 Å². The van der Waals surface area contributed by atoms with Crippen LogP contribution in [0, 0.1) is 0 Å². The molecule has 60 valence electrons. The molecule has 0 bridgehead atoms. The van der Waals surface area contributed by atoms with Crippen LogP contribution in [0.1, 0.15) is 0 Å². The van der Waals surface area contributed by atoms with Crippen molar-refractivity contribution in [2.45, 2.75) is 0 Å². The van der Waals surface area contributed by atoms with Crippen molar-refractivity contribution in [3.8, 4) is 5.88 Å². The van der Waals surface area contributed by atoms with Gasteiger partial charge in [0.2, 0.25) is 0 Å². The number of ether oxygens (including phenoxy) is 1. The van der Waals surface area contributed by atoms with Crippen LogP contribution in [0.3, 0.4) is 0 Å². The first-order valence-electron chi connectivity index (χ1n) is 2.77. The number of nitrogens with zero attached hydrogens (tertiary/aromatic N) is 2. The number of methoxy groups -OCH3 is 1. The Morgan fingerprint density at radius 1 is 1.91 bits per heavy atom. The molecule has 0 atom stereocenters. The van der Waals surface area contributed by atoms with Gasteiger partial charge < -0.3 is 15.6 Å². The molecule has 0 fully saturated rings. The van der Waals surface area contributed by atoms with Crippen molar-refractivity contribution in [2.75, 3.05) is 12.8 Å². The summed E-state index contributed by atoms with van der Waals surface area (Å²) in [5.74, 6) is 0.118. The first-order chi connectivity index (χ1) is 5.15. The van der Waals surface area contributed by atoms with Crippen molar-refractivity contribution in [3.05, 3.63) is 6.20 Å². The highest BCUT2D eigenvalue weighted by Gasteiger charge is 2.08.